The van der Waals surface area contributed by atoms with Crippen molar-refractivity contribution in [1.29, 1.82) is 0 Å². The lowest BCUT2D eigenvalue weighted by Gasteiger charge is -2.08. The summed E-state index contributed by atoms with van der Waals surface area (Å²) >= 11 is 0. The van der Waals surface area contributed by atoms with Crippen molar-refractivity contribution in [2.45, 2.75) is 0 Å². The Kier molecular flexibility index (Phi) is 5.27. The van der Waals surface area contributed by atoms with Gasteiger partial charge in [0.25, 0.3) is 11.8 Å². The van der Waals surface area contributed by atoms with Gasteiger partial charge in [0.05, 0.1) is 24.1 Å². The summed E-state index contributed by atoms with van der Waals surface area (Å²) in [6, 6.07) is 13.3. The number of carbonyl (C=O) groups is 2. The average molecular weight is 404 g/mol. The van der Waals surface area contributed by atoms with E-state index in [2.05, 4.69) is 20.7 Å². The van der Waals surface area contributed by atoms with Crippen molar-refractivity contribution in [3.8, 4) is 11.3 Å². The fourth-order valence-electron chi connectivity index (χ4n) is 3.14. The number of carbonyl (C=O) groups excluding carboxylic acids is 2. The first-order chi connectivity index (χ1) is 14.6. The maximum Gasteiger partial charge on any atom is 0.274 e. The Morgan fingerprint density at radius 1 is 1.13 bits per heavy atom. The number of aliphatic hydroxyl groups is 1. The van der Waals surface area contributed by atoms with E-state index in [-0.39, 0.29) is 24.4 Å². The molecule has 3 N–H and O–H groups in total. The molecular formula is C21H20N6O3. The topological polar surface area (TPSA) is 114 Å². The molecule has 3 aromatic heterocycles. The number of benzene rings is 1. The van der Waals surface area contributed by atoms with E-state index in [1.807, 2.05) is 47.1 Å². The number of pyridine rings is 1. The SMILES string of the molecule is Cn1ncc(C(=O)NCCO)c1C(=O)Nc1ccn2cc(-c3ccccc3)nc2c1. The van der Waals surface area contributed by atoms with Gasteiger partial charge in [-0.25, -0.2) is 4.98 Å². The number of aliphatic hydroxyl groups excluding tert-OH is 1. The van der Waals surface area contributed by atoms with Gasteiger partial charge in [0.1, 0.15) is 11.3 Å². The summed E-state index contributed by atoms with van der Waals surface area (Å²) in [6.45, 7) is -0.0993. The van der Waals surface area contributed by atoms with Gasteiger partial charge in [0.2, 0.25) is 0 Å². The van der Waals surface area contributed by atoms with E-state index in [1.54, 1.807) is 19.2 Å². The normalized spacial score (nSPS) is 10.9. The Labute approximate surface area is 172 Å². The number of nitrogens with one attached hydrogen (secondary N) is 2. The van der Waals surface area contributed by atoms with Crippen molar-refractivity contribution in [3.63, 3.8) is 0 Å². The van der Waals surface area contributed by atoms with Crippen LogP contribution in [0.25, 0.3) is 16.9 Å². The van der Waals surface area contributed by atoms with Crippen LogP contribution in [0.5, 0.6) is 0 Å². The van der Waals surface area contributed by atoms with Crippen LogP contribution in [0, 0.1) is 0 Å². The molecule has 0 radical (unpaired) electrons. The first kappa shape index (κ1) is 19.3. The summed E-state index contributed by atoms with van der Waals surface area (Å²) < 4.78 is 3.21. The lowest BCUT2D eigenvalue weighted by Crippen LogP contribution is -2.29. The van der Waals surface area contributed by atoms with Crippen LogP contribution in [-0.4, -0.2) is 49.2 Å². The third kappa shape index (κ3) is 3.78. The van der Waals surface area contributed by atoms with Crippen molar-refractivity contribution in [1.82, 2.24) is 24.5 Å². The van der Waals surface area contributed by atoms with Gasteiger partial charge in [0, 0.05) is 43.3 Å². The zero-order valence-corrected chi connectivity index (χ0v) is 16.2. The van der Waals surface area contributed by atoms with Crippen molar-refractivity contribution in [3.05, 3.63) is 72.3 Å². The highest BCUT2D eigenvalue weighted by atomic mass is 16.3. The number of anilines is 1. The highest BCUT2D eigenvalue weighted by Gasteiger charge is 2.22. The number of hydrogen-bond donors (Lipinski definition) is 3. The Bertz CT molecular complexity index is 1210. The smallest absolute Gasteiger partial charge is 0.274 e. The molecule has 152 valence electrons. The van der Waals surface area contributed by atoms with Crippen LogP contribution in [-0.2, 0) is 7.05 Å². The lowest BCUT2D eigenvalue weighted by atomic mass is 10.2. The van der Waals surface area contributed by atoms with Gasteiger partial charge in [-0.2, -0.15) is 5.10 Å². The van der Waals surface area contributed by atoms with Gasteiger partial charge in [0.15, 0.2) is 0 Å². The molecule has 0 fully saturated rings. The maximum atomic E-state index is 12.8. The van der Waals surface area contributed by atoms with Crippen molar-refractivity contribution < 1.29 is 14.7 Å². The molecule has 0 aliphatic heterocycles. The van der Waals surface area contributed by atoms with E-state index in [4.69, 9.17) is 5.11 Å². The van der Waals surface area contributed by atoms with Gasteiger partial charge in [-0.1, -0.05) is 30.3 Å². The lowest BCUT2D eigenvalue weighted by molar-refractivity contribution is 0.0931. The molecule has 9 heteroatoms. The van der Waals surface area contributed by atoms with E-state index < -0.39 is 11.8 Å². The molecule has 4 rings (SSSR count). The molecule has 0 saturated carbocycles. The Hall–Kier alpha value is -3.98. The first-order valence-corrected chi connectivity index (χ1v) is 9.33. The minimum atomic E-state index is -0.474. The Morgan fingerprint density at radius 2 is 1.93 bits per heavy atom. The summed E-state index contributed by atoms with van der Waals surface area (Å²) in [6.07, 6.45) is 5.05. The highest BCUT2D eigenvalue weighted by Crippen LogP contribution is 2.21. The Balaban J connectivity index is 1.58. The zero-order valence-electron chi connectivity index (χ0n) is 16.2. The van der Waals surface area contributed by atoms with E-state index >= 15 is 0 Å². The van der Waals surface area contributed by atoms with Gasteiger partial charge < -0.3 is 20.1 Å². The van der Waals surface area contributed by atoms with Crippen molar-refractivity contribution in [2.75, 3.05) is 18.5 Å². The van der Waals surface area contributed by atoms with Crippen LogP contribution in [0.3, 0.4) is 0 Å². The summed E-state index contributed by atoms with van der Waals surface area (Å²) in [5, 5.41) is 18.2. The van der Waals surface area contributed by atoms with Crippen LogP contribution < -0.4 is 10.6 Å². The largest absolute Gasteiger partial charge is 0.395 e. The number of amides is 2. The second-order valence-corrected chi connectivity index (χ2v) is 6.64. The predicted molar refractivity (Wildman–Crippen MR) is 111 cm³/mol. The third-order valence-corrected chi connectivity index (χ3v) is 4.58. The summed E-state index contributed by atoms with van der Waals surface area (Å²) in [7, 11) is 1.58. The first-order valence-electron chi connectivity index (χ1n) is 9.33. The molecular weight excluding hydrogens is 384 g/mol. The second-order valence-electron chi connectivity index (χ2n) is 6.64. The quantitative estimate of drug-likeness (QED) is 0.453. The maximum absolute atomic E-state index is 12.8. The van der Waals surface area contributed by atoms with E-state index in [9.17, 15) is 9.59 Å². The molecule has 9 nitrogen and oxygen atoms in total. The highest BCUT2D eigenvalue weighted by molar-refractivity contribution is 6.11. The minimum absolute atomic E-state index is 0.0923. The van der Waals surface area contributed by atoms with Crippen LogP contribution in [0.15, 0.2) is 61.1 Å². The van der Waals surface area contributed by atoms with Gasteiger partial charge in [-0.15, -0.1) is 0 Å². The summed E-state index contributed by atoms with van der Waals surface area (Å²) in [4.78, 5) is 29.7. The van der Waals surface area contributed by atoms with Crippen LogP contribution in [0.2, 0.25) is 0 Å². The fourth-order valence-corrected chi connectivity index (χ4v) is 3.14. The van der Waals surface area contributed by atoms with Crippen LogP contribution in [0.1, 0.15) is 20.8 Å². The third-order valence-electron chi connectivity index (χ3n) is 4.58. The number of aromatic nitrogens is 4. The molecule has 3 heterocycles. The number of fused-ring (bicyclic) bond motifs is 1. The molecule has 0 unspecified atom stereocenters. The second kappa shape index (κ2) is 8.18. The monoisotopic (exact) mass is 404 g/mol. The number of aryl methyl sites for hydroxylation is 1. The molecule has 4 aromatic rings. The van der Waals surface area contributed by atoms with E-state index in [0.717, 1.165) is 11.3 Å². The van der Waals surface area contributed by atoms with Gasteiger partial charge >= 0.3 is 0 Å². The van der Waals surface area contributed by atoms with Crippen LogP contribution in [0.4, 0.5) is 5.69 Å². The number of nitrogens with zero attached hydrogens (tertiary/aromatic N) is 4. The molecule has 0 aliphatic carbocycles. The molecule has 0 spiro atoms. The molecule has 30 heavy (non-hydrogen) atoms. The van der Waals surface area contributed by atoms with E-state index in [1.165, 1.54) is 10.9 Å². The van der Waals surface area contributed by atoms with E-state index in [0.29, 0.717) is 11.3 Å². The number of rotatable bonds is 6. The Morgan fingerprint density at radius 3 is 2.70 bits per heavy atom. The van der Waals surface area contributed by atoms with Crippen molar-refractivity contribution >= 4 is 23.1 Å². The minimum Gasteiger partial charge on any atom is -0.395 e. The number of imidazole rings is 1. The zero-order chi connectivity index (χ0) is 21.1. The fraction of sp³-hybridized carbons (Fsp3) is 0.143. The molecule has 0 aliphatic rings. The molecule has 2 amide bonds. The molecule has 0 saturated heterocycles. The predicted octanol–water partition coefficient (Wildman–Crippen LogP) is 1.71. The van der Waals surface area contributed by atoms with Gasteiger partial charge in [-0.05, 0) is 6.07 Å². The summed E-state index contributed by atoms with van der Waals surface area (Å²) in [5.74, 6) is -0.943. The summed E-state index contributed by atoms with van der Waals surface area (Å²) in [5.41, 5.74) is 3.31. The molecule has 0 bridgehead atoms. The van der Waals surface area contributed by atoms with Crippen molar-refractivity contribution in [2.24, 2.45) is 7.05 Å². The van der Waals surface area contributed by atoms with Gasteiger partial charge in [-0.3, -0.25) is 14.3 Å². The standard InChI is InChI=1S/C21H20N6O3/c1-26-19(16(12-23-26)20(29)22-8-10-28)21(30)24-15-7-9-27-13-17(25-18(27)11-15)14-5-3-2-4-6-14/h2-7,9,11-13,28H,8,10H2,1H3,(H,22,29)(H,24,30). The number of hydrogen-bond acceptors (Lipinski definition) is 5. The average Bonchev–Trinajstić information content (AvgIpc) is 3.36. The van der Waals surface area contributed by atoms with Crippen LogP contribution >= 0.6 is 0 Å². The molecule has 1 aromatic carbocycles. The molecule has 0 atom stereocenters.